The number of fused-ring (bicyclic) bond motifs is 1. The minimum Gasteiger partial charge on any atom is -0.504 e. The van der Waals surface area contributed by atoms with Crippen LogP contribution in [0.25, 0.3) is 21.9 Å². The quantitative estimate of drug-likeness (QED) is 0.748. The second-order valence-corrected chi connectivity index (χ2v) is 5.62. The molecule has 0 atom stereocenters. The van der Waals surface area contributed by atoms with Crippen LogP contribution in [0.3, 0.4) is 0 Å². The number of aromatic hydroxyl groups is 2. The van der Waals surface area contributed by atoms with Crippen molar-refractivity contribution in [2.75, 3.05) is 0 Å². The van der Waals surface area contributed by atoms with E-state index >= 15 is 0 Å². The fourth-order valence-electron chi connectivity index (χ4n) is 3.12. The molecule has 3 aromatic rings. The average molecular weight is 306 g/mol. The molecule has 0 heterocycles. The molecule has 0 amide bonds. The second-order valence-electron chi connectivity index (χ2n) is 5.62. The Morgan fingerprint density at radius 3 is 2.43 bits per heavy atom. The molecule has 0 bridgehead atoms. The van der Waals surface area contributed by atoms with Crippen LogP contribution in [0.2, 0.25) is 0 Å². The first-order valence-electron chi connectivity index (χ1n) is 7.61. The van der Waals surface area contributed by atoms with Gasteiger partial charge in [-0.15, -0.1) is 0 Å². The summed E-state index contributed by atoms with van der Waals surface area (Å²) in [6, 6.07) is 15.1. The lowest BCUT2D eigenvalue weighted by Crippen LogP contribution is -1.98. The van der Waals surface area contributed by atoms with Crippen LogP contribution in [0, 0.1) is 6.92 Å². The topological polar surface area (TPSA) is 57.5 Å². The molecule has 0 radical (unpaired) electrons. The SMILES string of the molecule is CCc1c(C)cc(O)c(=O)c(O)c1-c1cccc2ccccc12. The van der Waals surface area contributed by atoms with E-state index in [1.165, 1.54) is 6.07 Å². The normalized spacial score (nSPS) is 10.9. The van der Waals surface area contributed by atoms with Crippen molar-refractivity contribution < 1.29 is 10.2 Å². The van der Waals surface area contributed by atoms with Gasteiger partial charge in [-0.1, -0.05) is 49.4 Å². The van der Waals surface area contributed by atoms with Crippen molar-refractivity contribution in [2.45, 2.75) is 20.3 Å². The minimum atomic E-state index is -0.740. The molecule has 0 saturated heterocycles. The highest BCUT2D eigenvalue weighted by Crippen LogP contribution is 2.37. The van der Waals surface area contributed by atoms with Crippen LogP contribution in [-0.2, 0) is 6.42 Å². The van der Waals surface area contributed by atoms with Gasteiger partial charge < -0.3 is 10.2 Å². The Bertz CT molecular complexity index is 953. The van der Waals surface area contributed by atoms with Crippen molar-refractivity contribution in [2.24, 2.45) is 0 Å². The van der Waals surface area contributed by atoms with Crippen molar-refractivity contribution in [3.05, 3.63) is 69.9 Å². The Labute approximate surface area is 134 Å². The average Bonchev–Trinajstić information content (AvgIpc) is 2.64. The van der Waals surface area contributed by atoms with Crippen LogP contribution < -0.4 is 5.43 Å². The van der Waals surface area contributed by atoms with Gasteiger partial charge in [0.05, 0.1) is 0 Å². The summed E-state index contributed by atoms with van der Waals surface area (Å²) in [5.74, 6) is -0.829. The van der Waals surface area contributed by atoms with E-state index in [2.05, 4.69) is 0 Å². The van der Waals surface area contributed by atoms with E-state index in [0.717, 1.165) is 27.5 Å². The monoisotopic (exact) mass is 306 g/mol. The fourth-order valence-corrected chi connectivity index (χ4v) is 3.12. The molecule has 0 aromatic heterocycles. The summed E-state index contributed by atoms with van der Waals surface area (Å²) in [4.78, 5) is 12.2. The third kappa shape index (κ3) is 2.44. The molecule has 0 saturated carbocycles. The van der Waals surface area contributed by atoms with Gasteiger partial charge in [-0.3, -0.25) is 4.79 Å². The molecule has 0 spiro atoms. The van der Waals surface area contributed by atoms with Crippen LogP contribution in [0.15, 0.2) is 53.3 Å². The van der Waals surface area contributed by atoms with Gasteiger partial charge in [0.15, 0.2) is 11.5 Å². The van der Waals surface area contributed by atoms with E-state index in [1.807, 2.05) is 56.3 Å². The molecule has 116 valence electrons. The third-order valence-electron chi connectivity index (χ3n) is 4.23. The van der Waals surface area contributed by atoms with Crippen LogP contribution in [0.4, 0.5) is 0 Å². The standard InChI is InChI=1S/C20H18O3/c1-3-14-12(2)11-17(21)19(22)20(23)18(14)16-10-6-8-13-7-4-5-9-15(13)16/h4-11H,3H2,1-2H3,(H2,21,22,23). The Hall–Kier alpha value is -2.81. The molecule has 23 heavy (non-hydrogen) atoms. The molecule has 0 fully saturated rings. The van der Waals surface area contributed by atoms with Crippen molar-refractivity contribution >= 4 is 10.8 Å². The summed E-state index contributed by atoms with van der Waals surface area (Å²) in [6.07, 6.45) is 0.644. The maximum atomic E-state index is 12.2. The van der Waals surface area contributed by atoms with Gasteiger partial charge in [0.2, 0.25) is 0 Å². The molecule has 3 nitrogen and oxygen atoms in total. The van der Waals surface area contributed by atoms with Gasteiger partial charge in [-0.05, 0) is 46.9 Å². The van der Waals surface area contributed by atoms with Gasteiger partial charge in [-0.25, -0.2) is 0 Å². The zero-order chi connectivity index (χ0) is 16.6. The Morgan fingerprint density at radius 2 is 1.70 bits per heavy atom. The Balaban J connectivity index is 2.54. The van der Waals surface area contributed by atoms with Crippen LogP contribution >= 0.6 is 0 Å². The predicted molar refractivity (Wildman–Crippen MR) is 93.1 cm³/mol. The number of benzene rings is 2. The summed E-state index contributed by atoms with van der Waals surface area (Å²) in [6.45, 7) is 3.81. The van der Waals surface area contributed by atoms with Crippen molar-refractivity contribution in [1.82, 2.24) is 0 Å². The van der Waals surface area contributed by atoms with Crippen LogP contribution in [0.5, 0.6) is 11.5 Å². The second kappa shape index (κ2) is 5.76. The highest BCUT2D eigenvalue weighted by Gasteiger charge is 2.17. The number of hydrogen-bond acceptors (Lipinski definition) is 3. The molecule has 0 aliphatic carbocycles. The van der Waals surface area contributed by atoms with Crippen molar-refractivity contribution in [1.29, 1.82) is 0 Å². The Kier molecular flexibility index (Phi) is 3.78. The summed E-state index contributed by atoms with van der Waals surface area (Å²) in [5.41, 5.74) is 2.21. The maximum Gasteiger partial charge on any atom is 0.262 e. The van der Waals surface area contributed by atoms with Gasteiger partial charge in [0.1, 0.15) is 0 Å². The molecular weight excluding hydrogens is 288 g/mol. The van der Waals surface area contributed by atoms with Gasteiger partial charge in [-0.2, -0.15) is 0 Å². The van der Waals surface area contributed by atoms with Crippen molar-refractivity contribution in [3.63, 3.8) is 0 Å². The predicted octanol–water partition coefficient (Wildman–Crippen LogP) is 4.15. The van der Waals surface area contributed by atoms with E-state index in [4.69, 9.17) is 0 Å². The number of hydrogen-bond donors (Lipinski definition) is 2. The first-order valence-corrected chi connectivity index (χ1v) is 7.61. The van der Waals surface area contributed by atoms with E-state index < -0.39 is 16.9 Å². The highest BCUT2D eigenvalue weighted by molar-refractivity contribution is 5.98. The van der Waals surface area contributed by atoms with E-state index in [0.29, 0.717) is 12.0 Å². The molecular formula is C20H18O3. The first kappa shape index (κ1) is 15.1. The van der Waals surface area contributed by atoms with Gasteiger partial charge in [0.25, 0.3) is 5.43 Å². The summed E-state index contributed by atoms with van der Waals surface area (Å²) in [7, 11) is 0. The maximum absolute atomic E-state index is 12.2. The third-order valence-corrected chi connectivity index (χ3v) is 4.23. The largest absolute Gasteiger partial charge is 0.504 e. The zero-order valence-corrected chi connectivity index (χ0v) is 13.1. The Morgan fingerprint density at radius 1 is 1.00 bits per heavy atom. The number of rotatable bonds is 2. The zero-order valence-electron chi connectivity index (χ0n) is 13.1. The molecule has 2 N–H and O–H groups in total. The van der Waals surface area contributed by atoms with Crippen LogP contribution in [-0.4, -0.2) is 10.2 Å². The molecule has 3 rings (SSSR count). The molecule has 0 aliphatic heterocycles. The highest BCUT2D eigenvalue weighted by atomic mass is 16.3. The summed E-state index contributed by atoms with van der Waals surface area (Å²) >= 11 is 0. The van der Waals surface area contributed by atoms with E-state index in [1.54, 1.807) is 0 Å². The molecule has 0 aliphatic rings. The number of aryl methyl sites for hydroxylation is 1. The van der Waals surface area contributed by atoms with Crippen molar-refractivity contribution in [3.8, 4) is 22.6 Å². The summed E-state index contributed by atoms with van der Waals surface area (Å²) < 4.78 is 0. The van der Waals surface area contributed by atoms with E-state index in [9.17, 15) is 15.0 Å². The fraction of sp³-hybridized carbons (Fsp3) is 0.150. The van der Waals surface area contributed by atoms with E-state index in [-0.39, 0.29) is 0 Å². The minimum absolute atomic E-state index is 0.399. The summed E-state index contributed by atoms with van der Waals surface area (Å²) in [5, 5.41) is 22.4. The molecule has 3 heteroatoms. The van der Waals surface area contributed by atoms with Crippen LogP contribution in [0.1, 0.15) is 18.1 Å². The first-order chi connectivity index (χ1) is 11.0. The molecule has 3 aromatic carbocycles. The lowest BCUT2D eigenvalue weighted by Gasteiger charge is -2.12. The van der Waals surface area contributed by atoms with Gasteiger partial charge >= 0.3 is 0 Å². The lowest BCUT2D eigenvalue weighted by molar-refractivity contribution is 0.446. The molecule has 0 unspecified atom stereocenters. The smallest absolute Gasteiger partial charge is 0.262 e. The van der Waals surface area contributed by atoms with Gasteiger partial charge in [0, 0.05) is 5.56 Å². The lowest BCUT2D eigenvalue weighted by atomic mass is 9.93.